The van der Waals surface area contributed by atoms with Crippen LogP contribution in [0.25, 0.3) is 0 Å². The van der Waals surface area contributed by atoms with Gasteiger partial charge in [-0.15, -0.1) is 11.3 Å². The normalized spacial score (nSPS) is 10.5. The van der Waals surface area contributed by atoms with Crippen LogP contribution in [0.1, 0.15) is 24.0 Å². The van der Waals surface area contributed by atoms with Crippen LogP contribution >= 0.6 is 11.3 Å². The zero-order valence-corrected chi connectivity index (χ0v) is 11.7. The molecule has 5 heteroatoms. The molecule has 1 heterocycles. The first kappa shape index (κ1) is 13.7. The van der Waals surface area contributed by atoms with Gasteiger partial charge in [0.05, 0.1) is 17.2 Å². The maximum Gasteiger partial charge on any atom is 0.227 e. The van der Waals surface area contributed by atoms with Crippen molar-refractivity contribution in [3.63, 3.8) is 0 Å². The van der Waals surface area contributed by atoms with Gasteiger partial charge in [0.15, 0.2) is 0 Å². The Morgan fingerprint density at radius 1 is 1.37 bits per heavy atom. The maximum atomic E-state index is 12.9. The topological polar surface area (TPSA) is 33.2 Å². The third kappa shape index (κ3) is 3.38. The van der Waals surface area contributed by atoms with E-state index in [1.54, 1.807) is 28.4 Å². The number of aromatic nitrogens is 1. The van der Waals surface area contributed by atoms with Crippen molar-refractivity contribution in [1.82, 2.24) is 4.98 Å². The number of hydrogen-bond acceptors (Lipinski definition) is 3. The van der Waals surface area contributed by atoms with E-state index in [4.69, 9.17) is 0 Å². The molecule has 3 nitrogen and oxygen atoms in total. The Bertz CT molecular complexity index is 565. The van der Waals surface area contributed by atoms with Gasteiger partial charge in [-0.1, -0.05) is 6.92 Å². The van der Waals surface area contributed by atoms with Crippen LogP contribution in [0.2, 0.25) is 0 Å². The summed E-state index contributed by atoms with van der Waals surface area (Å²) in [6, 6.07) is 5.94. The zero-order valence-electron chi connectivity index (χ0n) is 10.9. The molecule has 0 aliphatic heterocycles. The van der Waals surface area contributed by atoms with E-state index in [2.05, 4.69) is 4.98 Å². The Labute approximate surface area is 115 Å². The highest BCUT2D eigenvalue weighted by molar-refractivity contribution is 7.09. The molecule has 0 aliphatic rings. The van der Waals surface area contributed by atoms with Gasteiger partial charge < -0.3 is 4.90 Å². The van der Waals surface area contributed by atoms with E-state index in [-0.39, 0.29) is 11.7 Å². The lowest BCUT2D eigenvalue weighted by atomic mass is 10.2. The number of amides is 1. The van der Waals surface area contributed by atoms with Crippen molar-refractivity contribution in [2.24, 2.45) is 0 Å². The van der Waals surface area contributed by atoms with Crippen LogP contribution in [0.3, 0.4) is 0 Å². The van der Waals surface area contributed by atoms with Crippen molar-refractivity contribution in [3.05, 3.63) is 46.2 Å². The first-order valence-electron chi connectivity index (χ1n) is 6.07. The third-order valence-corrected chi connectivity index (χ3v) is 3.55. The van der Waals surface area contributed by atoms with Crippen molar-refractivity contribution >= 4 is 22.9 Å². The molecule has 0 atom stereocenters. The van der Waals surface area contributed by atoms with E-state index in [9.17, 15) is 9.18 Å². The van der Waals surface area contributed by atoms with Crippen LogP contribution < -0.4 is 4.90 Å². The minimum Gasteiger partial charge on any atom is -0.306 e. The Hall–Kier alpha value is -1.75. The average Bonchev–Trinajstić information content (AvgIpc) is 2.82. The van der Waals surface area contributed by atoms with E-state index in [0.29, 0.717) is 18.7 Å². The van der Waals surface area contributed by atoms with Crippen molar-refractivity contribution < 1.29 is 9.18 Å². The molecule has 0 radical (unpaired) electrons. The standard InChI is InChI=1S/C14H15FN2OS/c1-3-14(18)17(8-12-9-19-10(2)16-12)13-6-4-11(15)5-7-13/h4-7,9H,3,8H2,1-2H3. The number of rotatable bonds is 4. The van der Waals surface area contributed by atoms with Gasteiger partial charge in [0.25, 0.3) is 0 Å². The number of thiazole rings is 1. The van der Waals surface area contributed by atoms with Crippen LogP contribution in [-0.4, -0.2) is 10.9 Å². The van der Waals surface area contributed by atoms with E-state index < -0.39 is 0 Å². The average molecular weight is 278 g/mol. The molecule has 0 spiro atoms. The first-order valence-corrected chi connectivity index (χ1v) is 6.95. The predicted octanol–water partition coefficient (Wildman–Crippen LogP) is 3.53. The van der Waals surface area contributed by atoms with Crippen LogP contribution in [0.4, 0.5) is 10.1 Å². The molecular weight excluding hydrogens is 263 g/mol. The second-order valence-electron chi connectivity index (χ2n) is 4.17. The fraction of sp³-hybridized carbons (Fsp3) is 0.286. The summed E-state index contributed by atoms with van der Waals surface area (Å²) in [4.78, 5) is 18.0. The number of halogens is 1. The largest absolute Gasteiger partial charge is 0.306 e. The second-order valence-corrected chi connectivity index (χ2v) is 5.23. The van der Waals surface area contributed by atoms with Crippen LogP contribution in [0, 0.1) is 12.7 Å². The number of carbonyl (C=O) groups excluding carboxylic acids is 1. The fourth-order valence-corrected chi connectivity index (χ4v) is 2.38. The Morgan fingerprint density at radius 3 is 2.58 bits per heavy atom. The molecule has 1 amide bonds. The summed E-state index contributed by atoms with van der Waals surface area (Å²) in [5.74, 6) is -0.311. The minimum absolute atomic E-state index is 0.00254. The minimum atomic E-state index is -0.308. The van der Waals surface area contributed by atoms with Gasteiger partial charge in [0.1, 0.15) is 5.82 Å². The summed E-state index contributed by atoms with van der Waals surface area (Å²) in [7, 11) is 0. The molecule has 19 heavy (non-hydrogen) atoms. The molecule has 2 rings (SSSR count). The van der Waals surface area contributed by atoms with Gasteiger partial charge >= 0.3 is 0 Å². The molecule has 0 saturated heterocycles. The molecule has 0 bridgehead atoms. The number of aryl methyl sites for hydroxylation is 1. The molecule has 100 valence electrons. The quantitative estimate of drug-likeness (QED) is 0.857. The number of hydrogen-bond donors (Lipinski definition) is 0. The highest BCUT2D eigenvalue weighted by Gasteiger charge is 2.15. The summed E-state index contributed by atoms with van der Waals surface area (Å²) < 4.78 is 12.9. The van der Waals surface area contributed by atoms with Gasteiger partial charge in [-0.2, -0.15) is 0 Å². The van der Waals surface area contributed by atoms with Crippen LogP contribution in [0.5, 0.6) is 0 Å². The van der Waals surface area contributed by atoms with Crippen molar-refractivity contribution in [2.45, 2.75) is 26.8 Å². The molecule has 0 N–H and O–H groups in total. The molecular formula is C14H15FN2OS. The van der Waals surface area contributed by atoms with Gasteiger partial charge in [-0.3, -0.25) is 4.79 Å². The second kappa shape index (κ2) is 5.93. The number of benzene rings is 1. The SMILES string of the molecule is CCC(=O)N(Cc1csc(C)n1)c1ccc(F)cc1. The first-order chi connectivity index (χ1) is 9.10. The van der Waals surface area contributed by atoms with E-state index in [1.165, 1.54) is 12.1 Å². The van der Waals surface area contributed by atoms with E-state index >= 15 is 0 Å². The maximum absolute atomic E-state index is 12.9. The summed E-state index contributed by atoms with van der Waals surface area (Å²) in [6.45, 7) is 4.16. The molecule has 1 aromatic heterocycles. The molecule has 0 fully saturated rings. The van der Waals surface area contributed by atoms with Crippen LogP contribution in [-0.2, 0) is 11.3 Å². The Kier molecular flexibility index (Phi) is 4.27. The van der Waals surface area contributed by atoms with Gasteiger partial charge in [0.2, 0.25) is 5.91 Å². The van der Waals surface area contributed by atoms with Gasteiger partial charge in [0, 0.05) is 17.5 Å². The van der Waals surface area contributed by atoms with Crippen molar-refractivity contribution in [1.29, 1.82) is 0 Å². The number of anilines is 1. The summed E-state index contributed by atoms with van der Waals surface area (Å²) in [5, 5.41) is 2.91. The fourth-order valence-electron chi connectivity index (χ4n) is 1.78. The summed E-state index contributed by atoms with van der Waals surface area (Å²) in [6.07, 6.45) is 0.403. The monoisotopic (exact) mass is 278 g/mol. The lowest BCUT2D eigenvalue weighted by Gasteiger charge is -2.21. The van der Waals surface area contributed by atoms with Gasteiger partial charge in [-0.25, -0.2) is 9.37 Å². The number of carbonyl (C=O) groups is 1. The highest BCUT2D eigenvalue weighted by Crippen LogP contribution is 2.20. The summed E-state index contributed by atoms with van der Waals surface area (Å²) in [5.41, 5.74) is 1.55. The highest BCUT2D eigenvalue weighted by atomic mass is 32.1. The number of nitrogens with zero attached hydrogens (tertiary/aromatic N) is 2. The molecule has 0 unspecified atom stereocenters. The third-order valence-electron chi connectivity index (χ3n) is 2.73. The Balaban J connectivity index is 2.25. The van der Waals surface area contributed by atoms with Gasteiger partial charge in [-0.05, 0) is 31.2 Å². The zero-order chi connectivity index (χ0) is 13.8. The van der Waals surface area contributed by atoms with Crippen molar-refractivity contribution in [3.8, 4) is 0 Å². The summed E-state index contributed by atoms with van der Waals surface area (Å²) >= 11 is 1.55. The molecule has 0 saturated carbocycles. The smallest absolute Gasteiger partial charge is 0.227 e. The lowest BCUT2D eigenvalue weighted by Crippen LogP contribution is -2.29. The molecule has 0 aliphatic carbocycles. The predicted molar refractivity (Wildman–Crippen MR) is 74.7 cm³/mol. The molecule has 1 aromatic carbocycles. The van der Waals surface area contributed by atoms with E-state index in [1.807, 2.05) is 19.2 Å². The molecule has 2 aromatic rings. The van der Waals surface area contributed by atoms with E-state index in [0.717, 1.165) is 10.7 Å². The van der Waals surface area contributed by atoms with Crippen LogP contribution in [0.15, 0.2) is 29.6 Å². The Morgan fingerprint density at radius 2 is 2.05 bits per heavy atom. The van der Waals surface area contributed by atoms with Crippen molar-refractivity contribution in [2.75, 3.05) is 4.90 Å². The lowest BCUT2D eigenvalue weighted by molar-refractivity contribution is -0.118.